The lowest BCUT2D eigenvalue weighted by molar-refractivity contribution is 0.0671. The first kappa shape index (κ1) is 21.3. The minimum Gasteiger partial charge on any atom is -0.378 e. The number of aliphatic imine (C=N–C) groups is 2. The first-order valence-corrected chi connectivity index (χ1v) is 10.6. The van der Waals surface area contributed by atoms with Crippen molar-refractivity contribution in [2.24, 2.45) is 15.7 Å². The summed E-state index contributed by atoms with van der Waals surface area (Å²) in [5.74, 6) is 0.765. The molecule has 1 atom stereocenters. The number of ether oxygens (including phenoxy) is 1. The molecule has 158 valence electrons. The molecule has 2 heterocycles. The highest BCUT2D eigenvalue weighted by Crippen LogP contribution is 2.31. The molecule has 2 aromatic carbocycles. The van der Waals surface area contributed by atoms with E-state index in [4.69, 9.17) is 56.9 Å². The van der Waals surface area contributed by atoms with Gasteiger partial charge in [0.05, 0.1) is 18.9 Å². The van der Waals surface area contributed by atoms with E-state index >= 15 is 0 Å². The number of hydrogen-bond acceptors (Lipinski definition) is 7. The van der Waals surface area contributed by atoms with Crippen molar-refractivity contribution in [2.45, 2.75) is 6.29 Å². The normalized spacial score (nSPS) is 19.4. The molecule has 0 spiro atoms. The van der Waals surface area contributed by atoms with Crippen LogP contribution in [0.3, 0.4) is 0 Å². The summed E-state index contributed by atoms with van der Waals surface area (Å²) in [5, 5.41) is 5.29. The van der Waals surface area contributed by atoms with Crippen LogP contribution in [0, 0.1) is 0 Å². The first-order valence-electron chi connectivity index (χ1n) is 9.12. The number of benzene rings is 2. The van der Waals surface area contributed by atoms with Crippen LogP contribution in [-0.2, 0) is 4.74 Å². The van der Waals surface area contributed by atoms with E-state index in [1.54, 1.807) is 36.4 Å². The summed E-state index contributed by atoms with van der Waals surface area (Å²) < 4.78 is 5.48. The van der Waals surface area contributed by atoms with Gasteiger partial charge in [0.25, 0.3) is 0 Å². The highest BCUT2D eigenvalue weighted by atomic mass is 35.5. The van der Waals surface area contributed by atoms with Crippen LogP contribution in [0.4, 0.5) is 11.4 Å². The Morgan fingerprint density at radius 1 is 0.900 bits per heavy atom. The molecule has 1 fully saturated rings. The van der Waals surface area contributed by atoms with Gasteiger partial charge in [-0.05, 0) is 36.4 Å². The molecule has 0 amide bonds. The average Bonchev–Trinajstić information content (AvgIpc) is 2.66. The Bertz CT molecular complexity index is 968. The van der Waals surface area contributed by atoms with Crippen molar-refractivity contribution in [1.29, 1.82) is 0 Å². The van der Waals surface area contributed by atoms with Crippen LogP contribution in [-0.4, -0.2) is 49.4 Å². The zero-order valence-electron chi connectivity index (χ0n) is 15.7. The van der Waals surface area contributed by atoms with Gasteiger partial charge < -0.3 is 20.7 Å². The highest BCUT2D eigenvalue weighted by Gasteiger charge is 2.32. The molecule has 3 N–H and O–H groups in total. The summed E-state index contributed by atoms with van der Waals surface area (Å²) in [6.07, 6.45) is -0.635. The molecule has 0 radical (unpaired) electrons. The fourth-order valence-electron chi connectivity index (χ4n) is 3.28. The number of guanidine groups is 2. The molecule has 2 aliphatic rings. The standard InChI is InChI=1S/C19H18Cl4N6O/c20-11-5-12(21)8-15(7-11)25-18-26-17(24)27-19(28-1-3-30-4-2-28)29(18)16-9-13(22)6-14(23)10-16/h5-10,18,25H,1-4H2,(H2,24,26). The molecule has 0 aromatic heterocycles. The Hall–Kier alpha value is -1.90. The number of nitrogens with one attached hydrogen (secondary N) is 1. The van der Waals surface area contributed by atoms with Crippen LogP contribution in [0.15, 0.2) is 46.4 Å². The molecule has 1 saturated heterocycles. The third kappa shape index (κ3) is 4.87. The number of nitrogens with zero attached hydrogens (tertiary/aromatic N) is 4. The number of anilines is 2. The lowest BCUT2D eigenvalue weighted by Crippen LogP contribution is -2.57. The highest BCUT2D eigenvalue weighted by molar-refractivity contribution is 6.35. The van der Waals surface area contributed by atoms with E-state index in [1.165, 1.54) is 0 Å². The number of nitrogens with two attached hydrogens (primary N) is 1. The van der Waals surface area contributed by atoms with Gasteiger partial charge in [-0.2, -0.15) is 4.99 Å². The molecule has 11 heteroatoms. The van der Waals surface area contributed by atoms with E-state index < -0.39 is 6.29 Å². The average molecular weight is 488 g/mol. The summed E-state index contributed by atoms with van der Waals surface area (Å²) in [7, 11) is 0. The van der Waals surface area contributed by atoms with Crippen molar-refractivity contribution < 1.29 is 4.74 Å². The second-order valence-corrected chi connectivity index (χ2v) is 8.42. The zero-order valence-corrected chi connectivity index (χ0v) is 18.7. The fourth-order valence-corrected chi connectivity index (χ4v) is 4.32. The van der Waals surface area contributed by atoms with Gasteiger partial charge in [-0.1, -0.05) is 46.4 Å². The maximum atomic E-state index is 6.28. The van der Waals surface area contributed by atoms with Gasteiger partial charge in [-0.15, -0.1) is 0 Å². The third-order valence-electron chi connectivity index (χ3n) is 4.51. The Balaban J connectivity index is 1.76. The van der Waals surface area contributed by atoms with Crippen LogP contribution in [0.25, 0.3) is 0 Å². The van der Waals surface area contributed by atoms with Crippen molar-refractivity contribution >= 4 is 69.7 Å². The molecule has 0 bridgehead atoms. The molecule has 2 aliphatic heterocycles. The summed E-state index contributed by atoms with van der Waals surface area (Å²) in [5.41, 5.74) is 7.45. The van der Waals surface area contributed by atoms with Crippen LogP contribution in [0.2, 0.25) is 20.1 Å². The van der Waals surface area contributed by atoms with Crippen molar-refractivity contribution in [1.82, 2.24) is 4.90 Å². The van der Waals surface area contributed by atoms with Crippen LogP contribution in [0.1, 0.15) is 0 Å². The predicted molar refractivity (Wildman–Crippen MR) is 124 cm³/mol. The van der Waals surface area contributed by atoms with Crippen LogP contribution in [0.5, 0.6) is 0 Å². The molecule has 1 unspecified atom stereocenters. The molecule has 0 saturated carbocycles. The first-order chi connectivity index (χ1) is 14.4. The van der Waals surface area contributed by atoms with E-state index in [-0.39, 0.29) is 5.96 Å². The Kier molecular flexibility index (Phi) is 6.46. The lowest BCUT2D eigenvalue weighted by Gasteiger charge is -2.41. The second kappa shape index (κ2) is 9.08. The molecule has 0 aliphatic carbocycles. The number of morpholine rings is 1. The van der Waals surface area contributed by atoms with E-state index in [1.807, 2.05) is 4.90 Å². The maximum Gasteiger partial charge on any atom is 0.222 e. The largest absolute Gasteiger partial charge is 0.378 e. The van der Waals surface area contributed by atoms with Crippen LogP contribution >= 0.6 is 46.4 Å². The maximum absolute atomic E-state index is 6.28. The van der Waals surface area contributed by atoms with E-state index in [2.05, 4.69) is 20.2 Å². The summed E-state index contributed by atoms with van der Waals surface area (Å²) >= 11 is 24.9. The van der Waals surface area contributed by atoms with E-state index in [0.29, 0.717) is 63.7 Å². The van der Waals surface area contributed by atoms with E-state index in [0.717, 1.165) is 0 Å². The Morgan fingerprint density at radius 2 is 1.47 bits per heavy atom. The quantitative estimate of drug-likeness (QED) is 0.665. The van der Waals surface area contributed by atoms with Gasteiger partial charge in [0.15, 0.2) is 0 Å². The van der Waals surface area contributed by atoms with Gasteiger partial charge in [-0.3, -0.25) is 4.90 Å². The van der Waals surface area contributed by atoms with Gasteiger partial charge in [0, 0.05) is 38.9 Å². The van der Waals surface area contributed by atoms with Crippen molar-refractivity contribution in [3.8, 4) is 0 Å². The topological polar surface area (TPSA) is 78.5 Å². The molecule has 30 heavy (non-hydrogen) atoms. The predicted octanol–water partition coefficient (Wildman–Crippen LogP) is 4.52. The summed E-state index contributed by atoms with van der Waals surface area (Å²) in [6, 6.07) is 10.4. The Labute approximate surface area is 194 Å². The summed E-state index contributed by atoms with van der Waals surface area (Å²) in [6.45, 7) is 2.49. The molecular weight excluding hydrogens is 470 g/mol. The molecule has 7 nitrogen and oxygen atoms in total. The monoisotopic (exact) mass is 486 g/mol. The smallest absolute Gasteiger partial charge is 0.222 e. The van der Waals surface area contributed by atoms with Gasteiger partial charge >= 0.3 is 0 Å². The molecular formula is C19H18Cl4N6O. The van der Waals surface area contributed by atoms with Crippen LogP contribution < -0.4 is 16.0 Å². The minimum absolute atomic E-state index is 0.145. The zero-order chi connectivity index (χ0) is 21.3. The second-order valence-electron chi connectivity index (χ2n) is 6.67. The van der Waals surface area contributed by atoms with Gasteiger partial charge in [-0.25, -0.2) is 4.99 Å². The van der Waals surface area contributed by atoms with Gasteiger partial charge in [0.2, 0.25) is 18.2 Å². The Morgan fingerprint density at radius 3 is 2.07 bits per heavy atom. The third-order valence-corrected chi connectivity index (χ3v) is 5.38. The lowest BCUT2D eigenvalue weighted by atomic mass is 10.2. The van der Waals surface area contributed by atoms with Crippen molar-refractivity contribution in [3.63, 3.8) is 0 Å². The SMILES string of the molecule is NC1=NC(Nc2cc(Cl)cc(Cl)c2)N(c2cc(Cl)cc(Cl)c2)C(N2CCOCC2)=N1. The number of rotatable bonds is 3. The minimum atomic E-state index is -0.635. The van der Waals surface area contributed by atoms with Crippen molar-refractivity contribution in [3.05, 3.63) is 56.5 Å². The molecule has 2 aromatic rings. The number of halogens is 4. The molecule has 4 rings (SSSR count). The van der Waals surface area contributed by atoms with E-state index in [9.17, 15) is 0 Å². The van der Waals surface area contributed by atoms with Gasteiger partial charge in [0.1, 0.15) is 0 Å². The summed E-state index contributed by atoms with van der Waals surface area (Å²) in [4.78, 5) is 13.0. The number of hydrogen-bond donors (Lipinski definition) is 2. The van der Waals surface area contributed by atoms with Crippen molar-refractivity contribution in [2.75, 3.05) is 36.5 Å². The fraction of sp³-hybridized carbons (Fsp3) is 0.263.